The largest absolute Gasteiger partial charge is 0.502 e. The molecule has 0 N–H and O–H groups in total. The van der Waals surface area contributed by atoms with Crippen molar-refractivity contribution >= 4 is 0 Å². The number of allylic oxidation sites excluding steroid dienone is 1. The summed E-state index contributed by atoms with van der Waals surface area (Å²) in [6, 6.07) is 0. The van der Waals surface area contributed by atoms with Crippen LogP contribution in [-0.2, 0) is 9.47 Å². The molecule has 5 heteroatoms. The first-order valence-electron chi connectivity index (χ1n) is 4.46. The Morgan fingerprint density at radius 3 is 2.64 bits per heavy atom. The second-order valence-corrected chi connectivity index (χ2v) is 3.18. The quantitative estimate of drug-likeness (QED) is 0.524. The molecule has 0 amide bonds. The zero-order chi connectivity index (χ0) is 10.6. The molecule has 0 spiro atoms. The normalized spacial score (nSPS) is 27.7. The molecule has 0 aromatic carbocycles. The number of rotatable bonds is 4. The van der Waals surface area contributed by atoms with E-state index in [9.17, 15) is 13.2 Å². The lowest BCUT2D eigenvalue weighted by Crippen LogP contribution is -2.50. The topological polar surface area (TPSA) is 18.5 Å². The molecule has 0 aromatic rings. The van der Waals surface area contributed by atoms with Crippen molar-refractivity contribution < 1.29 is 22.6 Å². The van der Waals surface area contributed by atoms with Crippen molar-refractivity contribution in [3.63, 3.8) is 0 Å². The minimum atomic E-state index is -4.23. The Hall–Kier alpha value is -0.710. The third kappa shape index (κ3) is 2.90. The minimum Gasteiger partial charge on any atom is -0.502 e. The number of hydrogen-bond acceptors (Lipinski definition) is 2. The van der Waals surface area contributed by atoms with Gasteiger partial charge in [-0.05, 0) is 13.3 Å². The van der Waals surface area contributed by atoms with Gasteiger partial charge in [-0.25, -0.2) is 0 Å². The first kappa shape index (κ1) is 11.4. The summed E-state index contributed by atoms with van der Waals surface area (Å²) in [5.74, 6) is -0.444. The predicted octanol–water partition coefficient (Wildman–Crippen LogP) is 2.50. The van der Waals surface area contributed by atoms with Crippen LogP contribution in [-0.4, -0.2) is 25.5 Å². The molecule has 2 unspecified atom stereocenters. The third-order valence-electron chi connectivity index (χ3n) is 2.08. The Morgan fingerprint density at radius 1 is 1.50 bits per heavy atom. The summed E-state index contributed by atoms with van der Waals surface area (Å²) >= 11 is 0. The number of hydrogen-bond donors (Lipinski definition) is 0. The second kappa shape index (κ2) is 4.68. The van der Waals surface area contributed by atoms with Gasteiger partial charge in [0.05, 0.1) is 19.5 Å². The summed E-state index contributed by atoms with van der Waals surface area (Å²) in [5, 5.41) is 0. The molecule has 82 valence electrons. The van der Waals surface area contributed by atoms with E-state index in [1.165, 1.54) is 6.26 Å². The molecule has 1 rings (SSSR count). The Labute approximate surface area is 80.7 Å². The molecule has 2 nitrogen and oxygen atoms in total. The van der Waals surface area contributed by atoms with E-state index in [1.807, 2.05) is 0 Å². The Balaban J connectivity index is 2.20. The highest BCUT2D eigenvalue weighted by molar-refractivity contribution is 4.84. The zero-order valence-electron chi connectivity index (χ0n) is 7.88. The van der Waals surface area contributed by atoms with Crippen LogP contribution in [0.2, 0.25) is 0 Å². The predicted molar refractivity (Wildman–Crippen MR) is 44.7 cm³/mol. The summed E-state index contributed by atoms with van der Waals surface area (Å²) in [6.45, 7) is 2.28. The van der Waals surface area contributed by atoms with Crippen LogP contribution in [0.5, 0.6) is 0 Å². The van der Waals surface area contributed by atoms with Crippen LogP contribution in [0.25, 0.3) is 0 Å². The molecular weight excluding hydrogens is 197 g/mol. The van der Waals surface area contributed by atoms with E-state index in [4.69, 9.17) is 4.74 Å². The van der Waals surface area contributed by atoms with Gasteiger partial charge in [0.2, 0.25) is 0 Å². The van der Waals surface area contributed by atoms with Crippen LogP contribution in [0.4, 0.5) is 13.2 Å². The van der Waals surface area contributed by atoms with Crippen LogP contribution < -0.4 is 0 Å². The lowest BCUT2D eigenvalue weighted by atomic mass is 9.94. The Kier molecular flexibility index (Phi) is 3.80. The minimum absolute atomic E-state index is 0.184. The molecule has 2 atom stereocenters. The third-order valence-corrected chi connectivity index (χ3v) is 2.08. The van der Waals surface area contributed by atoms with Gasteiger partial charge in [-0.1, -0.05) is 6.08 Å². The summed E-state index contributed by atoms with van der Waals surface area (Å²) in [7, 11) is 0. The van der Waals surface area contributed by atoms with E-state index < -0.39 is 18.2 Å². The molecule has 14 heavy (non-hydrogen) atoms. The molecular formula is C9H13F3O2. The maximum absolute atomic E-state index is 12.1. The van der Waals surface area contributed by atoms with Gasteiger partial charge in [-0.3, -0.25) is 0 Å². The van der Waals surface area contributed by atoms with Crippen LogP contribution >= 0.6 is 0 Å². The fourth-order valence-corrected chi connectivity index (χ4v) is 1.31. The first-order valence-corrected chi connectivity index (χ1v) is 4.46. The van der Waals surface area contributed by atoms with Crippen LogP contribution in [0.1, 0.15) is 13.3 Å². The van der Waals surface area contributed by atoms with Crippen molar-refractivity contribution in [1.82, 2.24) is 0 Å². The van der Waals surface area contributed by atoms with Crippen molar-refractivity contribution in [2.45, 2.75) is 25.6 Å². The maximum Gasteiger partial charge on any atom is 0.414 e. The average Bonchev–Trinajstić information content (AvgIpc) is 1.98. The van der Waals surface area contributed by atoms with Crippen molar-refractivity contribution in [3.05, 3.63) is 12.3 Å². The highest BCUT2D eigenvalue weighted by atomic mass is 19.4. The molecule has 0 saturated carbocycles. The van der Waals surface area contributed by atoms with Gasteiger partial charge in [0.25, 0.3) is 0 Å². The fourth-order valence-electron chi connectivity index (χ4n) is 1.31. The zero-order valence-corrected chi connectivity index (χ0v) is 7.88. The van der Waals surface area contributed by atoms with Gasteiger partial charge in [-0.15, -0.1) is 0 Å². The highest BCUT2D eigenvalue weighted by Crippen LogP contribution is 2.36. The van der Waals surface area contributed by atoms with Gasteiger partial charge in [0, 0.05) is 5.92 Å². The smallest absolute Gasteiger partial charge is 0.414 e. The van der Waals surface area contributed by atoms with Crippen molar-refractivity contribution in [3.8, 4) is 0 Å². The summed E-state index contributed by atoms with van der Waals surface area (Å²) in [4.78, 5) is 0. The SMILES string of the molecule is CC=COCCC1COC1C(F)(F)F. The summed E-state index contributed by atoms with van der Waals surface area (Å²) in [6.07, 6.45) is -2.27. The van der Waals surface area contributed by atoms with Crippen molar-refractivity contribution in [2.75, 3.05) is 13.2 Å². The van der Waals surface area contributed by atoms with E-state index in [-0.39, 0.29) is 6.61 Å². The standard InChI is InChI=1S/C9H13F3O2/c1-2-4-13-5-3-7-6-14-8(7)9(10,11)12/h2,4,7-8H,3,5-6H2,1H3. The average molecular weight is 210 g/mol. The first-order chi connectivity index (χ1) is 6.55. The molecule has 0 aromatic heterocycles. The number of ether oxygens (including phenoxy) is 2. The van der Waals surface area contributed by atoms with Crippen LogP contribution in [0.15, 0.2) is 12.3 Å². The van der Waals surface area contributed by atoms with E-state index in [1.54, 1.807) is 13.0 Å². The molecule has 0 bridgehead atoms. The van der Waals surface area contributed by atoms with E-state index in [0.29, 0.717) is 13.0 Å². The molecule has 0 aliphatic carbocycles. The van der Waals surface area contributed by atoms with Crippen LogP contribution in [0.3, 0.4) is 0 Å². The summed E-state index contributed by atoms with van der Waals surface area (Å²) < 4.78 is 45.9. The van der Waals surface area contributed by atoms with Gasteiger partial charge in [-0.2, -0.15) is 13.2 Å². The van der Waals surface area contributed by atoms with E-state index >= 15 is 0 Å². The lowest BCUT2D eigenvalue weighted by Gasteiger charge is -2.37. The molecule has 1 aliphatic rings. The Morgan fingerprint density at radius 2 is 2.21 bits per heavy atom. The van der Waals surface area contributed by atoms with E-state index in [0.717, 1.165) is 0 Å². The second-order valence-electron chi connectivity index (χ2n) is 3.18. The maximum atomic E-state index is 12.1. The molecule has 0 radical (unpaired) electrons. The fraction of sp³-hybridized carbons (Fsp3) is 0.778. The highest BCUT2D eigenvalue weighted by Gasteiger charge is 2.51. The lowest BCUT2D eigenvalue weighted by molar-refractivity contribution is -0.289. The number of halogens is 3. The van der Waals surface area contributed by atoms with Crippen molar-refractivity contribution in [2.24, 2.45) is 5.92 Å². The van der Waals surface area contributed by atoms with E-state index in [2.05, 4.69) is 4.74 Å². The number of alkyl halides is 3. The monoisotopic (exact) mass is 210 g/mol. The van der Waals surface area contributed by atoms with Gasteiger partial charge in [0.1, 0.15) is 0 Å². The van der Waals surface area contributed by atoms with Crippen LogP contribution in [0, 0.1) is 5.92 Å². The van der Waals surface area contributed by atoms with Gasteiger partial charge >= 0.3 is 6.18 Å². The summed E-state index contributed by atoms with van der Waals surface area (Å²) in [5.41, 5.74) is 0. The molecule has 1 heterocycles. The molecule has 1 aliphatic heterocycles. The van der Waals surface area contributed by atoms with Gasteiger partial charge < -0.3 is 9.47 Å². The Bertz CT molecular complexity index is 201. The van der Waals surface area contributed by atoms with Gasteiger partial charge in [0.15, 0.2) is 6.10 Å². The molecule has 1 saturated heterocycles. The van der Waals surface area contributed by atoms with Crippen molar-refractivity contribution in [1.29, 1.82) is 0 Å². The molecule has 1 fully saturated rings.